The summed E-state index contributed by atoms with van der Waals surface area (Å²) >= 11 is 7.61. The number of thiophene rings is 1. The predicted octanol–water partition coefficient (Wildman–Crippen LogP) is 2.43. The van der Waals surface area contributed by atoms with E-state index in [-0.39, 0.29) is 24.5 Å². The minimum Gasteiger partial charge on any atom is -0.393 e. The Kier molecular flexibility index (Phi) is 7.59. The smallest absolute Gasteiger partial charge is 0.333 e. The van der Waals surface area contributed by atoms with Crippen LogP contribution in [0.4, 0.5) is 5.82 Å². The zero-order valence-electron chi connectivity index (χ0n) is 19.6. The summed E-state index contributed by atoms with van der Waals surface area (Å²) in [7, 11) is -4.09. The molecular weight excluding hydrogens is 538 g/mol. The largest absolute Gasteiger partial charge is 0.393 e. The van der Waals surface area contributed by atoms with Crippen molar-refractivity contribution in [1.82, 2.24) is 15.3 Å². The number of ketones is 1. The van der Waals surface area contributed by atoms with E-state index in [1.54, 1.807) is 0 Å². The molecule has 1 saturated carbocycles. The second-order valence-electron chi connectivity index (χ2n) is 9.26. The number of hydrogen-bond donors (Lipinski definition) is 4. The molecule has 2 aliphatic rings. The highest BCUT2D eigenvalue weighted by Gasteiger charge is 2.35. The molecule has 0 radical (unpaired) electrons. The van der Waals surface area contributed by atoms with Crippen LogP contribution in [-0.2, 0) is 20.9 Å². The fourth-order valence-electron chi connectivity index (χ4n) is 4.96. The maximum absolute atomic E-state index is 13.5. The standard InChI is InChI=1S/C24H26ClN5O5S2/c25-16-2-1-13-3-4-28-22(18(13)7-16)15-6-21(36-11-15)23(32)19-9-27-12-29-24(19)30-17-5-14(20(31)8-17)10-35-37(26,33)34/h1-2,6-7,9,11-12,14,17,20,22,28,31H,3-5,8,10H2,(H2,26,33,34)(H,27,29,30)/t14-,17-,20+,22-/m1/s1. The number of carbonyl (C=O) groups is 1. The Balaban J connectivity index is 1.32. The van der Waals surface area contributed by atoms with Crippen molar-refractivity contribution < 1.29 is 22.5 Å². The van der Waals surface area contributed by atoms with Gasteiger partial charge in [-0.05, 0) is 59.5 Å². The summed E-state index contributed by atoms with van der Waals surface area (Å²) in [5, 5.41) is 24.6. The third kappa shape index (κ3) is 6.01. The molecule has 1 aliphatic heterocycles. The number of aromatic nitrogens is 2. The van der Waals surface area contributed by atoms with Gasteiger partial charge in [-0.3, -0.25) is 8.98 Å². The number of anilines is 1. The van der Waals surface area contributed by atoms with E-state index in [1.807, 2.05) is 23.6 Å². The van der Waals surface area contributed by atoms with E-state index in [4.69, 9.17) is 16.7 Å². The topological polar surface area (TPSA) is 157 Å². The molecule has 1 aromatic carbocycles. The first-order valence-corrected chi connectivity index (χ1v) is 14.5. The van der Waals surface area contributed by atoms with Gasteiger partial charge in [0.15, 0.2) is 0 Å². The molecule has 1 aliphatic carbocycles. The van der Waals surface area contributed by atoms with Gasteiger partial charge < -0.3 is 15.7 Å². The van der Waals surface area contributed by atoms with E-state index in [0.29, 0.717) is 34.1 Å². The van der Waals surface area contributed by atoms with Crippen LogP contribution in [0.2, 0.25) is 5.02 Å². The van der Waals surface area contributed by atoms with Gasteiger partial charge in [0.25, 0.3) is 0 Å². The fourth-order valence-corrected chi connectivity index (χ4v) is 6.39. The maximum Gasteiger partial charge on any atom is 0.333 e. The highest BCUT2D eigenvalue weighted by Crippen LogP contribution is 2.34. The fraction of sp³-hybridized carbons (Fsp3) is 0.375. The molecule has 13 heteroatoms. The predicted molar refractivity (Wildman–Crippen MR) is 140 cm³/mol. The summed E-state index contributed by atoms with van der Waals surface area (Å²) in [5.74, 6) is -0.279. The molecule has 3 heterocycles. The van der Waals surface area contributed by atoms with E-state index >= 15 is 0 Å². The highest BCUT2D eigenvalue weighted by atomic mass is 35.5. The number of carbonyl (C=O) groups excluding carboxylic acids is 1. The lowest BCUT2D eigenvalue weighted by Crippen LogP contribution is -2.30. The number of fused-ring (bicyclic) bond motifs is 1. The van der Waals surface area contributed by atoms with Gasteiger partial charge in [-0.1, -0.05) is 17.7 Å². The van der Waals surface area contributed by atoms with Gasteiger partial charge in [-0.2, -0.15) is 8.42 Å². The number of aliphatic hydroxyl groups excluding tert-OH is 1. The molecule has 5 N–H and O–H groups in total. The minimum atomic E-state index is -4.09. The number of rotatable bonds is 8. The first kappa shape index (κ1) is 26.2. The van der Waals surface area contributed by atoms with Crippen LogP contribution in [0, 0.1) is 5.92 Å². The van der Waals surface area contributed by atoms with Crippen molar-refractivity contribution in [3.05, 3.63) is 74.3 Å². The van der Waals surface area contributed by atoms with Crippen molar-refractivity contribution in [2.24, 2.45) is 11.1 Å². The second kappa shape index (κ2) is 10.7. The molecule has 0 bridgehead atoms. The van der Waals surface area contributed by atoms with Gasteiger partial charge in [0.05, 0.1) is 29.2 Å². The number of nitrogens with two attached hydrogens (primary N) is 1. The summed E-state index contributed by atoms with van der Waals surface area (Å²) in [6.45, 7) is 0.616. The van der Waals surface area contributed by atoms with E-state index in [2.05, 4.69) is 30.9 Å². The van der Waals surface area contributed by atoms with E-state index in [1.165, 1.54) is 29.4 Å². The Morgan fingerprint density at radius 1 is 1.32 bits per heavy atom. The van der Waals surface area contributed by atoms with Crippen LogP contribution in [0.25, 0.3) is 0 Å². The Bertz CT molecular complexity index is 1420. The summed E-state index contributed by atoms with van der Waals surface area (Å²) in [6, 6.07) is 7.51. The lowest BCUT2D eigenvalue weighted by atomic mass is 9.91. The molecule has 196 valence electrons. The zero-order valence-corrected chi connectivity index (χ0v) is 22.0. The van der Waals surface area contributed by atoms with Crippen LogP contribution in [0.1, 0.15) is 50.8 Å². The maximum atomic E-state index is 13.5. The minimum absolute atomic E-state index is 0.0543. The van der Waals surface area contributed by atoms with Crippen LogP contribution in [-0.4, -0.2) is 54.6 Å². The van der Waals surface area contributed by atoms with Crippen molar-refractivity contribution in [3.8, 4) is 0 Å². The lowest BCUT2D eigenvalue weighted by Gasteiger charge is -2.26. The molecular formula is C24H26ClN5O5S2. The van der Waals surface area contributed by atoms with Gasteiger partial charge in [-0.25, -0.2) is 15.1 Å². The monoisotopic (exact) mass is 563 g/mol. The normalized spacial score (nSPS) is 23.5. The quantitative estimate of drug-likeness (QED) is 0.302. The molecule has 0 spiro atoms. The first-order valence-electron chi connectivity index (χ1n) is 11.7. The molecule has 0 unspecified atom stereocenters. The highest BCUT2D eigenvalue weighted by molar-refractivity contribution is 7.84. The second-order valence-corrected chi connectivity index (χ2v) is 11.8. The van der Waals surface area contributed by atoms with E-state index in [0.717, 1.165) is 24.1 Å². The number of halogens is 1. The first-order chi connectivity index (χ1) is 17.7. The number of nitrogens with one attached hydrogen (secondary N) is 2. The lowest BCUT2D eigenvalue weighted by molar-refractivity contribution is 0.101. The zero-order chi connectivity index (χ0) is 26.2. The van der Waals surface area contributed by atoms with Crippen LogP contribution in [0.3, 0.4) is 0 Å². The van der Waals surface area contributed by atoms with Crippen LogP contribution in [0.5, 0.6) is 0 Å². The molecule has 3 aromatic rings. The molecule has 10 nitrogen and oxygen atoms in total. The van der Waals surface area contributed by atoms with Crippen LogP contribution < -0.4 is 15.8 Å². The molecule has 2 aromatic heterocycles. The number of hydrogen-bond acceptors (Lipinski definition) is 10. The number of nitrogens with zero attached hydrogens (tertiary/aromatic N) is 2. The summed E-state index contributed by atoms with van der Waals surface area (Å²) in [5.41, 5.74) is 3.65. The molecule has 5 rings (SSSR count). The summed E-state index contributed by atoms with van der Waals surface area (Å²) in [6.07, 6.45) is 3.72. The van der Waals surface area contributed by atoms with E-state index < -0.39 is 22.3 Å². The Morgan fingerprint density at radius 2 is 2.16 bits per heavy atom. The Labute approximate surface area is 223 Å². The van der Waals surface area contributed by atoms with Crippen molar-refractivity contribution in [3.63, 3.8) is 0 Å². The average molecular weight is 564 g/mol. The van der Waals surface area contributed by atoms with Crippen molar-refractivity contribution in [1.29, 1.82) is 0 Å². The molecule has 37 heavy (non-hydrogen) atoms. The van der Waals surface area contributed by atoms with Gasteiger partial charge in [-0.15, -0.1) is 11.3 Å². The van der Waals surface area contributed by atoms with Crippen molar-refractivity contribution >= 4 is 44.8 Å². The van der Waals surface area contributed by atoms with Gasteiger partial charge >= 0.3 is 10.3 Å². The molecule has 0 amide bonds. The van der Waals surface area contributed by atoms with Gasteiger partial charge in [0, 0.05) is 29.7 Å². The SMILES string of the molecule is NS(=O)(=O)OC[C@H]1C[C@@H](Nc2ncncc2C(=O)c2cc([C@H]3NCCc4ccc(Cl)cc43)cs2)C[C@@H]1O. The molecule has 1 fully saturated rings. The van der Waals surface area contributed by atoms with Crippen LogP contribution >= 0.6 is 22.9 Å². The molecule has 4 atom stereocenters. The number of aliphatic hydroxyl groups is 1. The third-order valence-electron chi connectivity index (χ3n) is 6.74. The molecule has 0 saturated heterocycles. The van der Waals surface area contributed by atoms with Crippen molar-refractivity contribution in [2.45, 2.75) is 37.5 Å². The van der Waals surface area contributed by atoms with E-state index in [9.17, 15) is 18.3 Å². The summed E-state index contributed by atoms with van der Waals surface area (Å²) < 4.78 is 26.8. The Morgan fingerprint density at radius 3 is 2.97 bits per heavy atom. The van der Waals surface area contributed by atoms with Gasteiger partial charge in [0.1, 0.15) is 12.1 Å². The summed E-state index contributed by atoms with van der Waals surface area (Å²) in [4.78, 5) is 22.3. The average Bonchev–Trinajstić information content (AvgIpc) is 3.48. The Hall–Kier alpha value is -2.45. The third-order valence-corrected chi connectivity index (χ3v) is 8.39. The number of benzene rings is 1. The van der Waals surface area contributed by atoms with Crippen LogP contribution in [0.15, 0.2) is 42.2 Å². The van der Waals surface area contributed by atoms with Crippen molar-refractivity contribution in [2.75, 3.05) is 18.5 Å². The van der Waals surface area contributed by atoms with Gasteiger partial charge in [0.2, 0.25) is 5.78 Å².